The number of alkyl halides is 1. The smallest absolute Gasteiger partial charge is 0.246 e. The molecule has 0 radical (unpaired) electrons. The van der Waals surface area contributed by atoms with Crippen LogP contribution in [0.3, 0.4) is 0 Å². The number of halogens is 1. The summed E-state index contributed by atoms with van der Waals surface area (Å²) >= 11 is 7.44. The van der Waals surface area contributed by atoms with E-state index in [1.54, 1.807) is 15.2 Å². The van der Waals surface area contributed by atoms with Crippen molar-refractivity contribution in [2.75, 3.05) is 18.2 Å². The lowest BCUT2D eigenvalue weighted by atomic mass is 10.2. The molecule has 1 aromatic rings. The van der Waals surface area contributed by atoms with Crippen LogP contribution < -0.4 is 0 Å². The van der Waals surface area contributed by atoms with Crippen molar-refractivity contribution in [2.24, 2.45) is 0 Å². The normalized spacial score (nSPS) is 25.6. The van der Waals surface area contributed by atoms with Gasteiger partial charge in [-0.25, -0.2) is 8.42 Å². The summed E-state index contributed by atoms with van der Waals surface area (Å²) in [4.78, 5) is 0.253. The van der Waals surface area contributed by atoms with Crippen LogP contribution in [0.1, 0.15) is 13.8 Å². The van der Waals surface area contributed by atoms with Crippen LogP contribution >= 0.6 is 23.4 Å². The van der Waals surface area contributed by atoms with Gasteiger partial charge < -0.3 is 0 Å². The van der Waals surface area contributed by atoms with Crippen LogP contribution in [-0.4, -0.2) is 52.0 Å². The van der Waals surface area contributed by atoms with E-state index in [-0.39, 0.29) is 10.9 Å². The van der Waals surface area contributed by atoms with E-state index in [4.69, 9.17) is 11.6 Å². The highest BCUT2D eigenvalue weighted by Crippen LogP contribution is 2.29. The Bertz CT molecular complexity index is 532. The van der Waals surface area contributed by atoms with Gasteiger partial charge in [0, 0.05) is 35.7 Å². The quantitative estimate of drug-likeness (QED) is 0.790. The Balaban J connectivity index is 2.25. The topological polar surface area (TPSA) is 55.2 Å². The van der Waals surface area contributed by atoms with E-state index in [9.17, 15) is 8.42 Å². The van der Waals surface area contributed by atoms with E-state index in [1.165, 1.54) is 6.20 Å². The Morgan fingerprint density at radius 3 is 2.95 bits per heavy atom. The Morgan fingerprint density at radius 1 is 1.53 bits per heavy atom. The zero-order chi connectivity index (χ0) is 14.0. The first-order valence-corrected chi connectivity index (χ1v) is 9.21. The van der Waals surface area contributed by atoms with Crippen molar-refractivity contribution in [1.82, 2.24) is 14.1 Å². The molecule has 1 aromatic heterocycles. The third-order valence-electron chi connectivity index (χ3n) is 3.36. The fourth-order valence-electron chi connectivity index (χ4n) is 2.07. The molecule has 0 aromatic carbocycles. The maximum atomic E-state index is 12.6. The molecule has 0 aliphatic carbocycles. The highest BCUT2D eigenvalue weighted by Gasteiger charge is 2.35. The van der Waals surface area contributed by atoms with E-state index in [0.29, 0.717) is 24.2 Å². The Morgan fingerprint density at radius 2 is 2.26 bits per heavy atom. The fraction of sp³-hybridized carbons (Fsp3) is 0.727. The van der Waals surface area contributed by atoms with Crippen molar-refractivity contribution in [1.29, 1.82) is 0 Å². The molecule has 8 heteroatoms. The molecule has 1 aliphatic heterocycles. The van der Waals surface area contributed by atoms with Crippen LogP contribution in [0.25, 0.3) is 0 Å². The minimum Gasteiger partial charge on any atom is -0.270 e. The first kappa shape index (κ1) is 15.2. The van der Waals surface area contributed by atoms with E-state index in [1.807, 2.05) is 18.7 Å². The lowest BCUT2D eigenvalue weighted by Gasteiger charge is -2.36. The summed E-state index contributed by atoms with van der Waals surface area (Å²) in [5, 5.41) is 4.34. The second kappa shape index (κ2) is 6.03. The van der Waals surface area contributed by atoms with Gasteiger partial charge in [-0.1, -0.05) is 6.92 Å². The molecule has 0 saturated carbocycles. The first-order chi connectivity index (χ1) is 8.96. The average molecular weight is 324 g/mol. The van der Waals surface area contributed by atoms with Gasteiger partial charge in [0.2, 0.25) is 10.0 Å². The Labute approximate surface area is 123 Å². The largest absolute Gasteiger partial charge is 0.270 e. The van der Waals surface area contributed by atoms with Gasteiger partial charge >= 0.3 is 0 Å². The summed E-state index contributed by atoms with van der Waals surface area (Å²) in [5.41, 5.74) is 0. The minimum absolute atomic E-state index is 0.000118. The van der Waals surface area contributed by atoms with Crippen LogP contribution in [-0.2, 0) is 16.6 Å². The molecule has 0 N–H and O–H groups in total. The SMILES string of the molecule is CC1SCCN(S(=O)(=O)c2cnn(CCCl)c2)C1C. The van der Waals surface area contributed by atoms with Gasteiger partial charge in [0.15, 0.2) is 0 Å². The summed E-state index contributed by atoms with van der Waals surface area (Å²) in [5.74, 6) is 1.25. The Hall–Kier alpha value is -0.240. The number of rotatable bonds is 4. The third-order valence-corrected chi connectivity index (χ3v) is 6.80. The number of sulfonamides is 1. The van der Waals surface area contributed by atoms with Crippen molar-refractivity contribution < 1.29 is 8.42 Å². The predicted molar refractivity (Wildman–Crippen MR) is 78.2 cm³/mol. The lowest BCUT2D eigenvalue weighted by molar-refractivity contribution is 0.340. The van der Waals surface area contributed by atoms with E-state index in [2.05, 4.69) is 12.0 Å². The van der Waals surface area contributed by atoms with Crippen molar-refractivity contribution >= 4 is 33.4 Å². The van der Waals surface area contributed by atoms with Crippen molar-refractivity contribution in [3.05, 3.63) is 12.4 Å². The molecular formula is C11H18ClN3O2S2. The van der Waals surface area contributed by atoms with Gasteiger partial charge in [-0.15, -0.1) is 11.6 Å². The molecule has 1 aliphatic rings. The van der Waals surface area contributed by atoms with Crippen LogP contribution in [0.5, 0.6) is 0 Å². The molecule has 2 unspecified atom stereocenters. The summed E-state index contributed by atoms with van der Waals surface area (Å²) in [7, 11) is -3.45. The highest BCUT2D eigenvalue weighted by atomic mass is 35.5. The molecule has 19 heavy (non-hydrogen) atoms. The second-order valence-electron chi connectivity index (χ2n) is 4.56. The standard InChI is InChI=1S/C11H18ClN3O2S2/c1-9-10(2)18-6-5-15(9)19(16,17)11-7-13-14(8-11)4-3-12/h7-10H,3-6H2,1-2H3. The molecule has 1 fully saturated rings. The van der Waals surface area contributed by atoms with Crippen LogP contribution in [0.15, 0.2) is 17.3 Å². The molecule has 0 amide bonds. The molecule has 0 spiro atoms. The fourth-order valence-corrected chi connectivity index (χ4v) is 5.19. The van der Waals surface area contributed by atoms with Gasteiger partial charge in [0.1, 0.15) is 4.90 Å². The molecule has 0 bridgehead atoms. The van der Waals surface area contributed by atoms with Crippen LogP contribution in [0.2, 0.25) is 0 Å². The number of thioether (sulfide) groups is 1. The number of hydrogen-bond donors (Lipinski definition) is 0. The molecule has 2 heterocycles. The van der Waals surface area contributed by atoms with Gasteiger partial charge in [-0.2, -0.15) is 21.2 Å². The monoisotopic (exact) mass is 323 g/mol. The van der Waals surface area contributed by atoms with Gasteiger partial charge in [-0.05, 0) is 6.92 Å². The summed E-state index contributed by atoms with van der Waals surface area (Å²) in [6.45, 7) is 5.09. The molecule has 2 atom stereocenters. The highest BCUT2D eigenvalue weighted by molar-refractivity contribution is 8.00. The summed E-state index contributed by atoms with van der Waals surface area (Å²) in [6, 6.07) is 0.000118. The van der Waals surface area contributed by atoms with Crippen LogP contribution in [0, 0.1) is 0 Å². The van der Waals surface area contributed by atoms with Gasteiger partial charge in [-0.3, -0.25) is 4.68 Å². The molecule has 5 nitrogen and oxygen atoms in total. The van der Waals surface area contributed by atoms with Gasteiger partial charge in [0.25, 0.3) is 0 Å². The van der Waals surface area contributed by atoms with Crippen molar-refractivity contribution in [2.45, 2.75) is 36.6 Å². The minimum atomic E-state index is -3.45. The van der Waals surface area contributed by atoms with Crippen LogP contribution in [0.4, 0.5) is 0 Å². The maximum Gasteiger partial charge on any atom is 0.246 e. The lowest BCUT2D eigenvalue weighted by Crippen LogP contribution is -2.47. The van der Waals surface area contributed by atoms with Gasteiger partial charge in [0.05, 0.1) is 12.7 Å². The van der Waals surface area contributed by atoms with E-state index >= 15 is 0 Å². The van der Waals surface area contributed by atoms with Crippen molar-refractivity contribution in [3.63, 3.8) is 0 Å². The molecule has 108 valence electrons. The average Bonchev–Trinajstić information content (AvgIpc) is 2.82. The number of hydrogen-bond acceptors (Lipinski definition) is 4. The molecular weight excluding hydrogens is 306 g/mol. The molecule has 2 rings (SSSR count). The number of nitrogens with zero attached hydrogens (tertiary/aromatic N) is 3. The first-order valence-electron chi connectivity index (χ1n) is 6.18. The second-order valence-corrected chi connectivity index (χ2v) is 8.31. The zero-order valence-electron chi connectivity index (χ0n) is 11.0. The zero-order valence-corrected chi connectivity index (χ0v) is 13.4. The number of aromatic nitrogens is 2. The predicted octanol–water partition coefficient (Wildman–Crippen LogP) is 1.64. The van der Waals surface area contributed by atoms with Crippen molar-refractivity contribution in [3.8, 4) is 0 Å². The van der Waals surface area contributed by atoms with E-state index < -0.39 is 10.0 Å². The molecule has 1 saturated heterocycles. The Kier molecular flexibility index (Phi) is 4.81. The maximum absolute atomic E-state index is 12.6. The summed E-state index contributed by atoms with van der Waals surface area (Å²) < 4.78 is 28.3. The van der Waals surface area contributed by atoms with E-state index in [0.717, 1.165) is 5.75 Å². The number of aryl methyl sites for hydroxylation is 1. The summed E-state index contributed by atoms with van der Waals surface area (Å²) in [6.07, 6.45) is 2.96. The third kappa shape index (κ3) is 3.09.